The van der Waals surface area contributed by atoms with Gasteiger partial charge in [0.15, 0.2) is 0 Å². The van der Waals surface area contributed by atoms with Gasteiger partial charge >= 0.3 is 0 Å². The maximum Gasteiger partial charge on any atom is 0.147 e. The largest absolute Gasteiger partial charge is 0.382 e. The fourth-order valence-corrected chi connectivity index (χ4v) is 1.73. The van der Waals surface area contributed by atoms with Crippen LogP contribution in [0, 0.1) is 17.1 Å². The summed E-state index contributed by atoms with van der Waals surface area (Å²) in [4.78, 5) is 0. The molecule has 0 spiro atoms. The van der Waals surface area contributed by atoms with Crippen LogP contribution in [0.4, 0.5) is 10.1 Å². The summed E-state index contributed by atoms with van der Waals surface area (Å²) in [6, 6.07) is 6.32. The summed E-state index contributed by atoms with van der Waals surface area (Å²) in [7, 11) is 0. The highest BCUT2D eigenvalue weighted by molar-refractivity contribution is 7.99. The average Bonchev–Trinajstić information content (AvgIpc) is 2.30. The lowest BCUT2D eigenvalue weighted by Crippen LogP contribution is -2.06. The minimum Gasteiger partial charge on any atom is -0.382 e. The average molecular weight is 236 g/mol. The zero-order chi connectivity index (χ0) is 11.8. The van der Waals surface area contributed by atoms with Crippen LogP contribution in [0.1, 0.15) is 5.56 Å². The van der Waals surface area contributed by atoms with Crippen molar-refractivity contribution in [2.75, 3.05) is 23.4 Å². The first kappa shape index (κ1) is 12.6. The zero-order valence-corrected chi connectivity index (χ0v) is 9.69. The molecule has 0 saturated heterocycles. The molecule has 0 amide bonds. The quantitative estimate of drug-likeness (QED) is 0.609. The van der Waals surface area contributed by atoms with Crippen molar-refractivity contribution < 1.29 is 4.39 Å². The Morgan fingerprint density at radius 1 is 1.56 bits per heavy atom. The van der Waals surface area contributed by atoms with Gasteiger partial charge in [0, 0.05) is 18.1 Å². The monoisotopic (exact) mass is 236 g/mol. The Morgan fingerprint density at radius 3 is 3.00 bits per heavy atom. The van der Waals surface area contributed by atoms with Crippen molar-refractivity contribution in [3.05, 3.63) is 42.2 Å². The van der Waals surface area contributed by atoms with Crippen molar-refractivity contribution in [1.82, 2.24) is 0 Å². The van der Waals surface area contributed by atoms with Crippen LogP contribution in [0.5, 0.6) is 0 Å². The highest BCUT2D eigenvalue weighted by Crippen LogP contribution is 2.15. The number of nitrogens with zero attached hydrogens (tertiary/aromatic N) is 1. The highest BCUT2D eigenvalue weighted by Gasteiger charge is 2.02. The lowest BCUT2D eigenvalue weighted by Gasteiger charge is -2.06. The van der Waals surface area contributed by atoms with E-state index in [1.54, 1.807) is 23.9 Å². The van der Waals surface area contributed by atoms with Crippen LogP contribution in [0.25, 0.3) is 0 Å². The third-order valence-electron chi connectivity index (χ3n) is 1.90. The molecule has 0 aliphatic rings. The van der Waals surface area contributed by atoms with Gasteiger partial charge in [-0.05, 0) is 18.2 Å². The molecule has 1 aromatic rings. The molecule has 0 saturated carbocycles. The van der Waals surface area contributed by atoms with Gasteiger partial charge in [-0.15, -0.1) is 6.58 Å². The molecule has 0 heterocycles. The Bertz CT molecular complexity index is 398. The van der Waals surface area contributed by atoms with E-state index in [0.717, 1.165) is 11.5 Å². The summed E-state index contributed by atoms with van der Waals surface area (Å²) < 4.78 is 13.4. The number of halogens is 1. The van der Waals surface area contributed by atoms with Gasteiger partial charge in [-0.2, -0.15) is 17.0 Å². The Balaban J connectivity index is 2.43. The van der Waals surface area contributed by atoms with E-state index in [4.69, 9.17) is 5.26 Å². The van der Waals surface area contributed by atoms with Gasteiger partial charge in [0.25, 0.3) is 0 Å². The molecule has 0 aliphatic carbocycles. The molecule has 0 atom stereocenters. The Kier molecular flexibility index (Phi) is 5.44. The van der Waals surface area contributed by atoms with E-state index in [-0.39, 0.29) is 5.82 Å². The summed E-state index contributed by atoms with van der Waals surface area (Å²) in [5.74, 6) is 1.41. The molecule has 1 rings (SSSR count). The minimum atomic E-state index is -0.382. The molecular formula is C12H13FN2S. The lowest BCUT2D eigenvalue weighted by molar-refractivity contribution is 0.630. The Hall–Kier alpha value is -1.47. The van der Waals surface area contributed by atoms with E-state index < -0.39 is 0 Å². The zero-order valence-electron chi connectivity index (χ0n) is 8.87. The molecule has 16 heavy (non-hydrogen) atoms. The summed E-state index contributed by atoms with van der Waals surface area (Å²) >= 11 is 1.73. The molecule has 0 aliphatic heterocycles. The molecule has 84 valence electrons. The van der Waals surface area contributed by atoms with Gasteiger partial charge in [-0.25, -0.2) is 4.39 Å². The van der Waals surface area contributed by atoms with Crippen LogP contribution in [0.2, 0.25) is 0 Å². The van der Waals surface area contributed by atoms with Gasteiger partial charge in [-0.1, -0.05) is 6.08 Å². The predicted octanol–water partition coefficient (Wildman–Crippen LogP) is 3.03. The van der Waals surface area contributed by atoms with Crippen LogP contribution in [0.15, 0.2) is 30.9 Å². The molecule has 1 aromatic carbocycles. The van der Waals surface area contributed by atoms with E-state index in [2.05, 4.69) is 11.9 Å². The maximum atomic E-state index is 13.4. The van der Waals surface area contributed by atoms with E-state index in [0.29, 0.717) is 17.8 Å². The van der Waals surface area contributed by atoms with Crippen molar-refractivity contribution in [2.45, 2.75) is 0 Å². The van der Waals surface area contributed by atoms with Crippen LogP contribution >= 0.6 is 11.8 Å². The number of nitrogens with one attached hydrogen (secondary N) is 1. The van der Waals surface area contributed by atoms with Gasteiger partial charge in [-0.3, -0.25) is 0 Å². The number of rotatable bonds is 6. The number of anilines is 1. The fraction of sp³-hybridized carbons (Fsp3) is 0.250. The van der Waals surface area contributed by atoms with Crippen molar-refractivity contribution in [3.8, 4) is 6.07 Å². The van der Waals surface area contributed by atoms with Gasteiger partial charge in [0.1, 0.15) is 5.82 Å². The summed E-state index contributed by atoms with van der Waals surface area (Å²) in [6.45, 7) is 4.31. The number of hydrogen-bond acceptors (Lipinski definition) is 3. The van der Waals surface area contributed by atoms with E-state index in [1.165, 1.54) is 6.07 Å². The van der Waals surface area contributed by atoms with Crippen LogP contribution in [-0.4, -0.2) is 18.1 Å². The second-order valence-electron chi connectivity index (χ2n) is 3.10. The molecule has 0 fully saturated rings. The van der Waals surface area contributed by atoms with Gasteiger partial charge < -0.3 is 5.32 Å². The standard InChI is InChI=1S/C12H13FN2S/c1-2-6-16-7-5-15-12-4-3-10(9-14)8-11(12)13/h2-4,8,15H,1,5-7H2. The van der Waals surface area contributed by atoms with E-state index >= 15 is 0 Å². The topological polar surface area (TPSA) is 35.8 Å². The highest BCUT2D eigenvalue weighted by atomic mass is 32.2. The minimum absolute atomic E-state index is 0.337. The SMILES string of the molecule is C=CCSCCNc1ccc(C#N)cc1F. The molecule has 0 unspecified atom stereocenters. The smallest absolute Gasteiger partial charge is 0.147 e. The molecule has 1 N–H and O–H groups in total. The summed E-state index contributed by atoms with van der Waals surface area (Å²) in [6.07, 6.45) is 1.84. The Morgan fingerprint density at radius 2 is 2.38 bits per heavy atom. The maximum absolute atomic E-state index is 13.4. The third kappa shape index (κ3) is 3.95. The molecule has 0 radical (unpaired) electrons. The molecule has 2 nitrogen and oxygen atoms in total. The first-order valence-electron chi connectivity index (χ1n) is 4.90. The van der Waals surface area contributed by atoms with Crippen molar-refractivity contribution in [3.63, 3.8) is 0 Å². The normalized spacial score (nSPS) is 9.50. The molecule has 4 heteroatoms. The van der Waals surface area contributed by atoms with E-state index in [1.807, 2.05) is 12.1 Å². The van der Waals surface area contributed by atoms with Crippen molar-refractivity contribution >= 4 is 17.4 Å². The summed E-state index contributed by atoms with van der Waals surface area (Å²) in [5, 5.41) is 11.6. The van der Waals surface area contributed by atoms with Gasteiger partial charge in [0.2, 0.25) is 0 Å². The summed E-state index contributed by atoms with van der Waals surface area (Å²) in [5.41, 5.74) is 0.780. The number of thioether (sulfide) groups is 1. The lowest BCUT2D eigenvalue weighted by atomic mass is 10.2. The molecule has 0 bridgehead atoms. The van der Waals surface area contributed by atoms with Crippen molar-refractivity contribution in [2.24, 2.45) is 0 Å². The van der Waals surface area contributed by atoms with Crippen LogP contribution < -0.4 is 5.32 Å². The van der Waals surface area contributed by atoms with Crippen LogP contribution in [-0.2, 0) is 0 Å². The van der Waals surface area contributed by atoms with Crippen LogP contribution in [0.3, 0.4) is 0 Å². The predicted molar refractivity (Wildman–Crippen MR) is 67.1 cm³/mol. The third-order valence-corrected chi connectivity index (χ3v) is 2.86. The number of benzene rings is 1. The second-order valence-corrected chi connectivity index (χ2v) is 4.25. The fourth-order valence-electron chi connectivity index (χ4n) is 1.15. The number of nitriles is 1. The first-order chi connectivity index (χ1) is 7.77. The van der Waals surface area contributed by atoms with Gasteiger partial charge in [0.05, 0.1) is 17.3 Å². The van der Waals surface area contributed by atoms with Crippen molar-refractivity contribution in [1.29, 1.82) is 5.26 Å². The first-order valence-corrected chi connectivity index (χ1v) is 6.05. The van der Waals surface area contributed by atoms with E-state index in [9.17, 15) is 4.39 Å². The molecule has 0 aromatic heterocycles. The second kappa shape index (κ2) is 6.91. The number of hydrogen-bond donors (Lipinski definition) is 1. The molecular weight excluding hydrogens is 223 g/mol. The Labute approximate surface area is 99.2 Å².